The van der Waals surface area contributed by atoms with Crippen molar-refractivity contribution in [2.24, 2.45) is 0 Å². The van der Waals surface area contributed by atoms with E-state index in [1.165, 1.54) is 36.4 Å². The molecule has 5 nitrogen and oxygen atoms in total. The molecule has 0 spiro atoms. The molecule has 0 aromatic heterocycles. The highest BCUT2D eigenvalue weighted by Crippen LogP contribution is 2.31. The second-order valence-electron chi connectivity index (χ2n) is 6.98. The lowest BCUT2D eigenvalue weighted by molar-refractivity contribution is -0.275. The van der Waals surface area contributed by atoms with Crippen molar-refractivity contribution in [3.05, 3.63) is 83.9 Å². The van der Waals surface area contributed by atoms with E-state index in [1.54, 1.807) is 12.1 Å². The van der Waals surface area contributed by atoms with Gasteiger partial charge in [0.15, 0.2) is 0 Å². The zero-order valence-corrected chi connectivity index (χ0v) is 17.6. The maximum absolute atomic E-state index is 12.3. The summed E-state index contributed by atoms with van der Waals surface area (Å²) in [6.45, 7) is -0.0387. The van der Waals surface area contributed by atoms with E-state index in [0.29, 0.717) is 22.3 Å². The van der Waals surface area contributed by atoms with Gasteiger partial charge in [-0.1, -0.05) is 30.3 Å². The van der Waals surface area contributed by atoms with Crippen LogP contribution in [0.25, 0.3) is 17.2 Å². The molecular weight excluding hydrogens is 482 g/mol. The molecule has 0 atom stereocenters. The second-order valence-corrected chi connectivity index (χ2v) is 6.98. The van der Waals surface area contributed by atoms with E-state index in [9.17, 15) is 31.1 Å². The van der Waals surface area contributed by atoms with E-state index in [1.807, 2.05) is 0 Å². The molecule has 0 aliphatic carbocycles. The number of benzene rings is 3. The summed E-state index contributed by atoms with van der Waals surface area (Å²) in [4.78, 5) is 11.0. The Hall–Kier alpha value is -4.15. The Labute approximate surface area is 194 Å². The number of halogens is 6. The van der Waals surface area contributed by atoms with Crippen molar-refractivity contribution in [2.45, 2.75) is 19.3 Å². The monoisotopic (exact) mass is 498 g/mol. The summed E-state index contributed by atoms with van der Waals surface area (Å²) in [5.41, 5.74) is 1.99. The first-order chi connectivity index (χ1) is 16.4. The van der Waals surface area contributed by atoms with Crippen molar-refractivity contribution in [1.82, 2.24) is 0 Å². The van der Waals surface area contributed by atoms with Gasteiger partial charge in [0, 0.05) is 11.6 Å². The molecule has 0 unspecified atom stereocenters. The molecule has 0 saturated carbocycles. The summed E-state index contributed by atoms with van der Waals surface area (Å²) < 4.78 is 87.2. The van der Waals surface area contributed by atoms with Crippen LogP contribution in [0.15, 0.2) is 72.8 Å². The Kier molecular flexibility index (Phi) is 7.58. The lowest BCUT2D eigenvalue weighted by Gasteiger charge is -2.13. The molecule has 11 heteroatoms. The number of aliphatic carboxylic acids is 1. The third-order valence-corrected chi connectivity index (χ3v) is 4.39. The van der Waals surface area contributed by atoms with Crippen molar-refractivity contribution in [3.63, 3.8) is 0 Å². The van der Waals surface area contributed by atoms with Gasteiger partial charge in [-0.05, 0) is 59.2 Å². The SMILES string of the molecule is O=C(O)C=Cc1cc(-c2ccc(OC(F)(F)F)cc2)ccc1OCc1ccc(OC(F)(F)F)cc1. The predicted octanol–water partition coefficient (Wildman–Crippen LogP) is 6.83. The van der Waals surface area contributed by atoms with Crippen LogP contribution in [0.3, 0.4) is 0 Å². The summed E-state index contributed by atoms with van der Waals surface area (Å²) in [6, 6.07) is 14.9. The van der Waals surface area contributed by atoms with Crippen molar-refractivity contribution in [2.75, 3.05) is 0 Å². The number of ether oxygens (including phenoxy) is 3. The number of alkyl halides is 6. The van der Waals surface area contributed by atoms with Crippen molar-refractivity contribution < 1.29 is 50.5 Å². The Morgan fingerprint density at radius 1 is 0.771 bits per heavy atom. The van der Waals surface area contributed by atoms with Gasteiger partial charge in [-0.2, -0.15) is 0 Å². The minimum absolute atomic E-state index is 0.0387. The Morgan fingerprint density at radius 3 is 1.80 bits per heavy atom. The summed E-state index contributed by atoms with van der Waals surface area (Å²) >= 11 is 0. The first kappa shape index (κ1) is 25.5. The fourth-order valence-electron chi connectivity index (χ4n) is 2.95. The Balaban J connectivity index is 1.78. The summed E-state index contributed by atoms with van der Waals surface area (Å²) in [7, 11) is 0. The van der Waals surface area contributed by atoms with Gasteiger partial charge in [-0.3, -0.25) is 0 Å². The molecule has 3 aromatic carbocycles. The fourth-order valence-corrected chi connectivity index (χ4v) is 2.95. The highest BCUT2D eigenvalue weighted by molar-refractivity contribution is 5.86. The number of rotatable bonds is 8. The number of hydrogen-bond acceptors (Lipinski definition) is 4. The molecule has 0 amide bonds. The normalized spacial score (nSPS) is 11.9. The van der Waals surface area contributed by atoms with E-state index in [0.717, 1.165) is 30.3 Å². The van der Waals surface area contributed by atoms with Gasteiger partial charge in [0.05, 0.1) is 0 Å². The first-order valence-electron chi connectivity index (χ1n) is 9.77. The summed E-state index contributed by atoms with van der Waals surface area (Å²) in [6.07, 6.45) is -7.46. The molecule has 0 radical (unpaired) electrons. The molecule has 0 aliphatic rings. The van der Waals surface area contributed by atoms with Gasteiger partial charge < -0.3 is 19.3 Å². The highest BCUT2D eigenvalue weighted by atomic mass is 19.4. The van der Waals surface area contributed by atoms with E-state index < -0.39 is 18.7 Å². The van der Waals surface area contributed by atoms with Crippen LogP contribution >= 0.6 is 0 Å². The molecule has 1 N–H and O–H groups in total. The second kappa shape index (κ2) is 10.4. The van der Waals surface area contributed by atoms with Crippen molar-refractivity contribution in [1.29, 1.82) is 0 Å². The molecule has 0 saturated heterocycles. The van der Waals surface area contributed by atoms with Gasteiger partial charge in [0.2, 0.25) is 0 Å². The zero-order valence-electron chi connectivity index (χ0n) is 17.6. The van der Waals surface area contributed by atoms with Gasteiger partial charge in [-0.25, -0.2) is 4.79 Å². The van der Waals surface area contributed by atoms with Gasteiger partial charge >= 0.3 is 18.7 Å². The van der Waals surface area contributed by atoms with Crippen LogP contribution < -0.4 is 14.2 Å². The average molecular weight is 498 g/mol. The smallest absolute Gasteiger partial charge is 0.488 e. The number of carboxylic acids is 1. The summed E-state index contributed by atoms with van der Waals surface area (Å²) in [5.74, 6) is -1.71. The lowest BCUT2D eigenvalue weighted by atomic mass is 10.0. The third-order valence-electron chi connectivity index (χ3n) is 4.39. The third kappa shape index (κ3) is 8.29. The first-order valence-corrected chi connectivity index (χ1v) is 9.77. The Bertz CT molecular complexity index is 1180. The van der Waals surface area contributed by atoms with Crippen LogP contribution in [-0.4, -0.2) is 23.8 Å². The molecule has 0 fully saturated rings. The maximum Gasteiger partial charge on any atom is 0.573 e. The quantitative estimate of drug-likeness (QED) is 0.273. The van der Waals surface area contributed by atoms with Crippen LogP contribution in [0.4, 0.5) is 26.3 Å². The lowest BCUT2D eigenvalue weighted by Crippen LogP contribution is -2.17. The van der Waals surface area contributed by atoms with E-state index in [4.69, 9.17) is 9.84 Å². The zero-order chi connectivity index (χ0) is 25.6. The van der Waals surface area contributed by atoms with Crippen LogP contribution in [0.5, 0.6) is 17.2 Å². The van der Waals surface area contributed by atoms with E-state index >= 15 is 0 Å². The minimum atomic E-state index is -4.82. The van der Waals surface area contributed by atoms with Gasteiger partial charge in [0.25, 0.3) is 0 Å². The van der Waals surface area contributed by atoms with Crippen LogP contribution in [-0.2, 0) is 11.4 Å². The van der Waals surface area contributed by atoms with Crippen LogP contribution in [0, 0.1) is 0 Å². The maximum atomic E-state index is 12.3. The minimum Gasteiger partial charge on any atom is -0.488 e. The molecule has 0 bridgehead atoms. The number of carbonyl (C=O) groups is 1. The molecule has 0 aliphatic heterocycles. The largest absolute Gasteiger partial charge is 0.573 e. The molecule has 184 valence electrons. The Morgan fingerprint density at radius 2 is 1.29 bits per heavy atom. The summed E-state index contributed by atoms with van der Waals surface area (Å²) in [5, 5.41) is 8.96. The highest BCUT2D eigenvalue weighted by Gasteiger charge is 2.31. The van der Waals surface area contributed by atoms with E-state index in [-0.39, 0.29) is 23.9 Å². The van der Waals surface area contributed by atoms with Crippen LogP contribution in [0.2, 0.25) is 0 Å². The van der Waals surface area contributed by atoms with Gasteiger partial charge in [-0.15, -0.1) is 26.3 Å². The molecule has 0 heterocycles. The standard InChI is InChI=1S/C24H16F6O5/c25-23(26,27)34-19-7-1-15(2-8-19)14-33-21-11-5-17(13-18(21)6-12-22(31)32)16-3-9-20(10-4-16)35-24(28,29)30/h1-13H,14H2,(H,31,32). The van der Waals surface area contributed by atoms with E-state index in [2.05, 4.69) is 9.47 Å². The molecule has 3 aromatic rings. The molecule has 3 rings (SSSR count). The fraction of sp³-hybridized carbons (Fsp3) is 0.125. The van der Waals surface area contributed by atoms with Crippen molar-refractivity contribution in [3.8, 4) is 28.4 Å². The molecule has 35 heavy (non-hydrogen) atoms. The number of hydrogen-bond donors (Lipinski definition) is 1. The average Bonchev–Trinajstić information content (AvgIpc) is 2.76. The van der Waals surface area contributed by atoms with Gasteiger partial charge in [0.1, 0.15) is 23.9 Å². The van der Waals surface area contributed by atoms with Crippen molar-refractivity contribution >= 4 is 12.0 Å². The number of carboxylic acid groups (broad SMARTS) is 1. The predicted molar refractivity (Wildman–Crippen MR) is 113 cm³/mol. The van der Waals surface area contributed by atoms with Crippen LogP contribution in [0.1, 0.15) is 11.1 Å². The topological polar surface area (TPSA) is 65.0 Å². The molecular formula is C24H16F6O5.